The lowest BCUT2D eigenvalue weighted by atomic mass is 9.95. The van der Waals surface area contributed by atoms with E-state index in [-0.39, 0.29) is 34.5 Å². The van der Waals surface area contributed by atoms with E-state index in [1.54, 1.807) is 13.0 Å². The van der Waals surface area contributed by atoms with Crippen LogP contribution in [0.5, 0.6) is 5.75 Å². The van der Waals surface area contributed by atoms with E-state index in [1.807, 2.05) is 0 Å². The fraction of sp³-hybridized carbons (Fsp3) is 0.259. The molecule has 0 aliphatic heterocycles. The van der Waals surface area contributed by atoms with Crippen molar-refractivity contribution in [3.05, 3.63) is 80.2 Å². The summed E-state index contributed by atoms with van der Waals surface area (Å²) in [7, 11) is 1.29. The van der Waals surface area contributed by atoms with Crippen molar-refractivity contribution in [1.82, 2.24) is 4.57 Å². The monoisotopic (exact) mass is 529 g/mol. The Bertz CT molecular complexity index is 1610. The van der Waals surface area contributed by atoms with E-state index in [2.05, 4.69) is 0 Å². The predicted molar refractivity (Wildman–Crippen MR) is 133 cm³/mol. The van der Waals surface area contributed by atoms with Crippen LogP contribution >= 0.6 is 11.3 Å². The van der Waals surface area contributed by atoms with Gasteiger partial charge >= 0.3 is 5.97 Å². The lowest BCUT2D eigenvalue weighted by Crippen LogP contribution is -2.21. The third-order valence-electron chi connectivity index (χ3n) is 6.39. The zero-order valence-corrected chi connectivity index (χ0v) is 20.8. The quantitative estimate of drug-likeness (QED) is 0.336. The molecule has 1 aliphatic rings. The number of pyridine rings is 1. The first kappa shape index (κ1) is 25.0. The third kappa shape index (κ3) is 4.19. The molecule has 4 aromatic rings. The second-order valence-electron chi connectivity index (χ2n) is 8.62. The number of aliphatic hydroxyl groups excluding tert-OH is 1. The molecule has 1 N–H and O–H groups in total. The van der Waals surface area contributed by atoms with Gasteiger partial charge in [0.25, 0.3) is 0 Å². The van der Waals surface area contributed by atoms with Gasteiger partial charge in [-0.15, -0.1) is 11.3 Å². The molecule has 10 heteroatoms. The summed E-state index contributed by atoms with van der Waals surface area (Å²) < 4.78 is 56.2. The largest absolute Gasteiger partial charge is 0.494 e. The van der Waals surface area contributed by atoms with E-state index < -0.39 is 40.5 Å². The van der Waals surface area contributed by atoms with Gasteiger partial charge in [-0.05, 0) is 56.0 Å². The van der Waals surface area contributed by atoms with Crippen molar-refractivity contribution >= 4 is 28.2 Å². The maximum atomic E-state index is 15.7. The SMILES string of the molecule is CCOC(=O)c1cn(-c2ccc(F)cc2F)c2c(OC)c(-c3cc4c(s3)CCCC4O)c(F)cc2c1=O. The fourth-order valence-electron chi connectivity index (χ4n) is 4.73. The average molecular weight is 530 g/mol. The smallest absolute Gasteiger partial charge is 0.343 e. The zero-order valence-electron chi connectivity index (χ0n) is 19.9. The van der Waals surface area contributed by atoms with Gasteiger partial charge in [-0.2, -0.15) is 0 Å². The van der Waals surface area contributed by atoms with Crippen LogP contribution in [0.4, 0.5) is 13.2 Å². The molecule has 1 atom stereocenters. The summed E-state index contributed by atoms with van der Waals surface area (Å²) in [5.74, 6) is -3.61. The number of hydrogen-bond acceptors (Lipinski definition) is 6. The normalized spacial score (nSPS) is 15.0. The number of aliphatic hydroxyl groups is 1. The number of carbonyl (C=O) groups excluding carboxylic acids is 1. The minimum absolute atomic E-state index is 0.00521. The van der Waals surface area contributed by atoms with Crippen molar-refractivity contribution in [2.24, 2.45) is 0 Å². The number of ether oxygens (including phenoxy) is 2. The first-order chi connectivity index (χ1) is 17.7. The molecule has 0 spiro atoms. The Morgan fingerprint density at radius 3 is 2.65 bits per heavy atom. The van der Waals surface area contributed by atoms with Crippen molar-refractivity contribution < 1.29 is 32.5 Å². The number of rotatable bonds is 5. The Balaban J connectivity index is 1.89. The summed E-state index contributed by atoms with van der Waals surface area (Å²) in [6.07, 6.45) is 2.56. The minimum atomic E-state index is -0.970. The molecule has 0 saturated heterocycles. The standard InChI is InChI=1S/C27H22F3NO5S/c1-3-36-27(34)16-12-31(19-8-7-13(28)9-17(19)29)24-15(25(16)33)10-18(30)23(26(24)35-2)22-11-14-20(32)5-4-6-21(14)37-22/h7-12,20,32H,3-6H2,1-2H3. The summed E-state index contributed by atoms with van der Waals surface area (Å²) in [5, 5.41) is 10.2. The van der Waals surface area contributed by atoms with Gasteiger partial charge in [-0.1, -0.05) is 0 Å². The molecule has 1 aliphatic carbocycles. The van der Waals surface area contributed by atoms with E-state index in [9.17, 15) is 23.5 Å². The van der Waals surface area contributed by atoms with Crippen molar-refractivity contribution in [3.8, 4) is 21.9 Å². The number of hydrogen-bond donors (Lipinski definition) is 1. The molecule has 0 saturated carbocycles. The van der Waals surface area contributed by atoms with Crippen LogP contribution < -0.4 is 10.2 Å². The molecule has 2 heterocycles. The summed E-state index contributed by atoms with van der Waals surface area (Å²) in [5.41, 5.74) is -0.712. The zero-order chi connectivity index (χ0) is 26.4. The molecule has 0 bridgehead atoms. The van der Waals surface area contributed by atoms with E-state index in [1.165, 1.54) is 23.0 Å². The maximum absolute atomic E-state index is 15.7. The molecular formula is C27H22F3NO5S. The summed E-state index contributed by atoms with van der Waals surface area (Å²) in [4.78, 5) is 27.3. The van der Waals surface area contributed by atoms with E-state index in [0.29, 0.717) is 22.9 Å². The lowest BCUT2D eigenvalue weighted by molar-refractivity contribution is 0.0524. The number of benzene rings is 2. The molecule has 192 valence electrons. The van der Waals surface area contributed by atoms with E-state index in [0.717, 1.165) is 42.1 Å². The van der Waals surface area contributed by atoms with Crippen LogP contribution in [-0.2, 0) is 11.2 Å². The second-order valence-corrected chi connectivity index (χ2v) is 9.75. The van der Waals surface area contributed by atoms with Crippen LogP contribution in [0.1, 0.15) is 46.7 Å². The summed E-state index contributed by atoms with van der Waals surface area (Å²) in [6.45, 7) is 1.54. The van der Waals surface area contributed by atoms with Crippen LogP contribution in [0.3, 0.4) is 0 Å². The highest BCUT2D eigenvalue weighted by atomic mass is 32.1. The minimum Gasteiger partial charge on any atom is -0.494 e. The molecule has 1 unspecified atom stereocenters. The number of aromatic nitrogens is 1. The van der Waals surface area contributed by atoms with Gasteiger partial charge in [0, 0.05) is 22.0 Å². The van der Waals surface area contributed by atoms with Crippen molar-refractivity contribution in [2.45, 2.75) is 32.3 Å². The van der Waals surface area contributed by atoms with Crippen LogP contribution in [0.25, 0.3) is 27.0 Å². The van der Waals surface area contributed by atoms with Crippen LogP contribution in [0.2, 0.25) is 0 Å². The van der Waals surface area contributed by atoms with Crippen LogP contribution in [0.15, 0.2) is 41.3 Å². The van der Waals surface area contributed by atoms with Gasteiger partial charge in [0.15, 0.2) is 5.75 Å². The Morgan fingerprint density at radius 1 is 1.19 bits per heavy atom. The highest BCUT2D eigenvalue weighted by molar-refractivity contribution is 7.15. The van der Waals surface area contributed by atoms with Crippen molar-refractivity contribution in [3.63, 3.8) is 0 Å². The molecule has 5 rings (SSSR count). The predicted octanol–water partition coefficient (Wildman–Crippen LogP) is 5.69. The van der Waals surface area contributed by atoms with Gasteiger partial charge in [-0.25, -0.2) is 18.0 Å². The molecule has 0 fully saturated rings. The first-order valence-corrected chi connectivity index (χ1v) is 12.5. The number of thiophene rings is 1. The third-order valence-corrected chi connectivity index (χ3v) is 7.62. The number of halogens is 3. The topological polar surface area (TPSA) is 77.8 Å². The Labute approximate surface area is 213 Å². The molecule has 2 aromatic heterocycles. The van der Waals surface area contributed by atoms with Gasteiger partial charge < -0.3 is 19.1 Å². The molecule has 0 radical (unpaired) electrons. The maximum Gasteiger partial charge on any atom is 0.343 e. The summed E-state index contributed by atoms with van der Waals surface area (Å²) in [6, 6.07) is 5.51. The molecule has 2 aromatic carbocycles. The second kappa shape index (κ2) is 9.68. The highest BCUT2D eigenvalue weighted by Crippen LogP contribution is 2.46. The Kier molecular flexibility index (Phi) is 6.55. The number of fused-ring (bicyclic) bond motifs is 2. The lowest BCUT2D eigenvalue weighted by Gasteiger charge is -2.19. The number of carbonyl (C=O) groups is 1. The van der Waals surface area contributed by atoms with Crippen LogP contribution in [-0.4, -0.2) is 29.4 Å². The first-order valence-electron chi connectivity index (χ1n) is 11.6. The van der Waals surface area contributed by atoms with Gasteiger partial charge in [-0.3, -0.25) is 4.79 Å². The summed E-state index contributed by atoms with van der Waals surface area (Å²) >= 11 is 1.30. The number of esters is 1. The van der Waals surface area contributed by atoms with Gasteiger partial charge in [0.1, 0.15) is 28.5 Å². The molecule has 0 amide bonds. The van der Waals surface area contributed by atoms with E-state index >= 15 is 4.39 Å². The Hall–Kier alpha value is -3.63. The molecule has 6 nitrogen and oxygen atoms in total. The molecular weight excluding hydrogens is 507 g/mol. The van der Waals surface area contributed by atoms with Gasteiger partial charge in [0.2, 0.25) is 5.43 Å². The van der Waals surface area contributed by atoms with Crippen molar-refractivity contribution in [2.75, 3.05) is 13.7 Å². The highest BCUT2D eigenvalue weighted by Gasteiger charge is 2.28. The van der Waals surface area contributed by atoms with Gasteiger partial charge in [0.05, 0.1) is 36.5 Å². The van der Waals surface area contributed by atoms with Crippen LogP contribution in [0, 0.1) is 17.5 Å². The number of methoxy groups -OCH3 is 1. The number of nitrogens with zero attached hydrogens (tertiary/aromatic N) is 1. The fourth-order valence-corrected chi connectivity index (χ4v) is 6.03. The molecule has 37 heavy (non-hydrogen) atoms. The Morgan fingerprint density at radius 2 is 1.97 bits per heavy atom. The van der Waals surface area contributed by atoms with Crippen molar-refractivity contribution in [1.29, 1.82) is 0 Å². The average Bonchev–Trinajstić information content (AvgIpc) is 3.29. The number of aryl methyl sites for hydroxylation is 1. The van der Waals surface area contributed by atoms with E-state index in [4.69, 9.17) is 9.47 Å².